The SMILES string of the molecule is CC(C)(C)[Si](C)(C)OCCc1ccccc1C=O.CCc1cc(Br)c(C)o1.CCc1cc(C(=O)c2ccccc2CCO)c(C)o1.CCc1cc(C(O)c2ccccc2CCO)c(C)o1.CCc1cc(C2OCCc3ccccc32)c(C)o1.Cc1oc(C=O)cc1C1OCCc2ccccc21. The van der Waals surface area contributed by atoms with Gasteiger partial charge in [0.2, 0.25) is 0 Å². The Morgan fingerprint density at radius 2 is 1.00 bits per heavy atom. The van der Waals surface area contributed by atoms with Crippen LogP contribution in [-0.2, 0) is 71.7 Å². The molecule has 5 aromatic heterocycles. The van der Waals surface area contributed by atoms with Gasteiger partial charge < -0.3 is 51.3 Å². The zero-order chi connectivity index (χ0) is 73.4. The van der Waals surface area contributed by atoms with Gasteiger partial charge in [-0.2, -0.15) is 0 Å². The van der Waals surface area contributed by atoms with Crippen LogP contribution in [0.25, 0.3) is 0 Å². The molecule has 14 nitrogen and oxygen atoms in total. The van der Waals surface area contributed by atoms with E-state index in [1.165, 1.54) is 27.8 Å². The molecule has 101 heavy (non-hydrogen) atoms. The highest BCUT2D eigenvalue weighted by molar-refractivity contribution is 9.10. The number of halogens is 1. The number of benzene rings is 5. The van der Waals surface area contributed by atoms with Crippen molar-refractivity contribution in [3.63, 3.8) is 0 Å². The third-order valence-corrected chi connectivity index (χ3v) is 24.0. The van der Waals surface area contributed by atoms with Crippen molar-refractivity contribution in [1.29, 1.82) is 0 Å². The Morgan fingerprint density at radius 3 is 1.51 bits per heavy atom. The van der Waals surface area contributed by atoms with Crippen molar-refractivity contribution in [2.45, 2.75) is 177 Å². The van der Waals surface area contributed by atoms with Gasteiger partial charge in [-0.15, -0.1) is 0 Å². The number of rotatable bonds is 20. The Kier molecular flexibility index (Phi) is 30.9. The van der Waals surface area contributed by atoms with Crippen LogP contribution in [0.15, 0.2) is 178 Å². The lowest BCUT2D eigenvalue weighted by Crippen LogP contribution is -2.41. The quantitative estimate of drug-likeness (QED) is 0.0369. The summed E-state index contributed by atoms with van der Waals surface area (Å²) in [5, 5.41) is 28.9. The standard InChI is InChI=1S/C16H20O3.C16H18O3.C16H18O2.C15H14O3.C15H24O2Si.C7H9BrO/c2*1-3-13-10-15(11(2)19-13)16(18)14-7-5-4-6-12(14)8-9-17;1-3-13-10-15(11(2)18-13)16-14-7-5-4-6-12(14)8-9-17-16;1-10-14(8-12(9-16)18-10)15-13-5-3-2-4-11(13)6-7-17-15;1-15(2,3)18(4,5)17-11-10-13-8-6-7-9-14(13)12-16;1-3-6-4-7(8)5(2)9-6/h4-7,10,16-18H,3,8-9H2,1-2H3;4-7,10,17H,3,8-9H2,1-2H3;4-7,10,16H,3,8-9H2,1-2H3;2-5,8-9,15H,6-7H2,1H3;6-9,12H,10-11H2,1-5H3;4H,3H2,1-2H3. The maximum atomic E-state index is 12.6. The zero-order valence-electron chi connectivity index (χ0n) is 61.4. The monoisotopic (exact) mass is 1450 g/mol. The first kappa shape index (κ1) is 80.3. The third-order valence-electron chi connectivity index (χ3n) is 18.7. The molecule has 0 radical (unpaired) electrons. The first-order valence-electron chi connectivity index (χ1n) is 35.2. The van der Waals surface area contributed by atoms with Gasteiger partial charge in [0.25, 0.3) is 0 Å². The predicted molar refractivity (Wildman–Crippen MR) is 404 cm³/mol. The van der Waals surface area contributed by atoms with E-state index in [0.717, 1.165) is 154 Å². The molecule has 538 valence electrons. The molecule has 16 heteroatoms. The van der Waals surface area contributed by atoms with Crippen LogP contribution < -0.4 is 0 Å². The van der Waals surface area contributed by atoms with E-state index in [9.17, 15) is 19.5 Å². The lowest BCUT2D eigenvalue weighted by atomic mass is 9.93. The number of hydrogen-bond acceptors (Lipinski definition) is 14. The molecule has 3 atom stereocenters. The van der Waals surface area contributed by atoms with E-state index in [-0.39, 0.29) is 36.2 Å². The van der Waals surface area contributed by atoms with Crippen LogP contribution in [0.1, 0.15) is 217 Å². The molecule has 3 N–H and O–H groups in total. The Labute approximate surface area is 606 Å². The third kappa shape index (κ3) is 21.8. The number of fused-ring (bicyclic) bond motifs is 2. The van der Waals surface area contributed by atoms with E-state index in [1.807, 2.05) is 139 Å². The summed E-state index contributed by atoms with van der Waals surface area (Å²) in [5.41, 5.74) is 13.9. The Balaban J connectivity index is 0.000000172. The number of aryl methyl sites for hydroxylation is 9. The summed E-state index contributed by atoms with van der Waals surface area (Å²) < 4.78 is 46.6. The van der Waals surface area contributed by atoms with Crippen LogP contribution >= 0.6 is 15.9 Å². The maximum Gasteiger partial charge on any atom is 0.196 e. The minimum atomic E-state index is -1.67. The van der Waals surface area contributed by atoms with Crippen molar-refractivity contribution in [2.75, 3.05) is 33.0 Å². The minimum absolute atomic E-state index is 0.0366. The summed E-state index contributed by atoms with van der Waals surface area (Å²) in [6.45, 7) is 31.2. The number of carbonyl (C=O) groups is 3. The number of carbonyl (C=O) groups excluding carboxylic acids is 3. The molecule has 10 aromatic rings. The Bertz CT molecular complexity index is 4220. The molecule has 0 spiro atoms. The number of hydrogen-bond donors (Lipinski definition) is 3. The summed E-state index contributed by atoms with van der Waals surface area (Å²) in [6, 6.07) is 49.2. The van der Waals surface area contributed by atoms with Gasteiger partial charge in [-0.1, -0.05) is 170 Å². The fourth-order valence-electron chi connectivity index (χ4n) is 11.8. The lowest BCUT2D eigenvalue weighted by molar-refractivity contribution is 0.0688. The van der Waals surface area contributed by atoms with Crippen molar-refractivity contribution < 1.29 is 65.7 Å². The molecular weight excluding hydrogens is 1350 g/mol. The fraction of sp³-hybridized carbons (Fsp3) is 0.376. The number of ether oxygens (including phenoxy) is 2. The molecule has 7 heterocycles. The van der Waals surface area contributed by atoms with E-state index in [1.54, 1.807) is 19.1 Å². The first-order chi connectivity index (χ1) is 48.4. The molecule has 2 aliphatic rings. The zero-order valence-corrected chi connectivity index (χ0v) is 64.0. The van der Waals surface area contributed by atoms with E-state index < -0.39 is 14.4 Å². The molecule has 0 amide bonds. The molecule has 5 aromatic carbocycles. The highest BCUT2D eigenvalue weighted by Crippen LogP contribution is 2.39. The Morgan fingerprint density at radius 1 is 0.525 bits per heavy atom. The average Bonchev–Trinajstić information content (AvgIpc) is 1.66. The van der Waals surface area contributed by atoms with Crippen LogP contribution in [0.3, 0.4) is 0 Å². The molecule has 0 saturated heterocycles. The van der Waals surface area contributed by atoms with Gasteiger partial charge in [-0.3, -0.25) is 14.4 Å². The minimum Gasteiger partial charge on any atom is -0.466 e. The Hall–Kier alpha value is -8.03. The van der Waals surface area contributed by atoms with Gasteiger partial charge in [0, 0.05) is 73.3 Å². The van der Waals surface area contributed by atoms with Gasteiger partial charge in [0.15, 0.2) is 26.1 Å². The van der Waals surface area contributed by atoms with Gasteiger partial charge in [-0.25, -0.2) is 0 Å². The van der Waals surface area contributed by atoms with Crippen LogP contribution in [-0.4, -0.2) is 75.0 Å². The second-order valence-corrected chi connectivity index (χ2v) is 32.2. The first-order valence-corrected chi connectivity index (χ1v) is 38.9. The summed E-state index contributed by atoms with van der Waals surface area (Å²) >= 11 is 3.36. The number of ketones is 1. The van der Waals surface area contributed by atoms with Crippen molar-refractivity contribution >= 4 is 42.6 Å². The molecule has 0 bridgehead atoms. The van der Waals surface area contributed by atoms with Crippen LogP contribution in [0.2, 0.25) is 18.1 Å². The summed E-state index contributed by atoms with van der Waals surface area (Å²) in [4.78, 5) is 34.2. The number of aliphatic hydroxyl groups excluding tert-OH is 3. The molecule has 0 saturated carbocycles. The van der Waals surface area contributed by atoms with E-state index >= 15 is 0 Å². The van der Waals surface area contributed by atoms with Gasteiger partial charge in [0.1, 0.15) is 76.4 Å². The summed E-state index contributed by atoms with van der Waals surface area (Å²) in [7, 11) is -1.67. The van der Waals surface area contributed by atoms with Crippen LogP contribution in [0.5, 0.6) is 0 Å². The van der Waals surface area contributed by atoms with Gasteiger partial charge in [-0.05, 0) is 176 Å². The highest BCUT2D eigenvalue weighted by atomic mass is 79.9. The molecular formula is C85H103BrO14Si. The largest absolute Gasteiger partial charge is 0.466 e. The molecule has 3 unspecified atom stereocenters. The van der Waals surface area contributed by atoms with Crippen molar-refractivity contribution in [1.82, 2.24) is 0 Å². The highest BCUT2D eigenvalue weighted by Gasteiger charge is 2.37. The number of furan rings is 5. The van der Waals surface area contributed by atoms with Crippen molar-refractivity contribution in [2.24, 2.45) is 0 Å². The maximum absolute atomic E-state index is 12.6. The van der Waals surface area contributed by atoms with Crippen LogP contribution in [0.4, 0.5) is 0 Å². The van der Waals surface area contributed by atoms with Crippen molar-refractivity contribution in [3.8, 4) is 0 Å². The summed E-state index contributed by atoms with van der Waals surface area (Å²) in [6.07, 6.45) is 8.12. The smallest absolute Gasteiger partial charge is 0.196 e. The fourth-order valence-corrected chi connectivity index (χ4v) is 13.2. The van der Waals surface area contributed by atoms with E-state index in [4.69, 9.17) is 46.2 Å². The molecule has 12 rings (SSSR count). The number of aliphatic hydroxyl groups is 3. The molecule has 0 fully saturated rings. The van der Waals surface area contributed by atoms with Gasteiger partial charge >= 0.3 is 0 Å². The predicted octanol–water partition coefficient (Wildman–Crippen LogP) is 19.5. The van der Waals surface area contributed by atoms with E-state index in [2.05, 4.69) is 106 Å². The van der Waals surface area contributed by atoms with Crippen LogP contribution in [0, 0.1) is 34.6 Å². The molecule has 0 aliphatic carbocycles. The average molecular weight is 1460 g/mol. The molecule has 2 aliphatic heterocycles. The number of aldehydes is 2. The van der Waals surface area contributed by atoms with Crippen molar-refractivity contribution in [3.05, 3.63) is 292 Å². The second-order valence-electron chi connectivity index (χ2n) is 26.5. The topological polar surface area (TPSA) is 205 Å². The normalized spacial score (nSPS) is 14.1. The van der Waals surface area contributed by atoms with Gasteiger partial charge in [0.05, 0.1) is 23.2 Å². The summed E-state index contributed by atoms with van der Waals surface area (Å²) in [5.74, 6) is 8.20. The van der Waals surface area contributed by atoms with E-state index in [0.29, 0.717) is 48.7 Å². The lowest BCUT2D eigenvalue weighted by Gasteiger charge is -2.36. The second kappa shape index (κ2) is 38.8.